The summed E-state index contributed by atoms with van der Waals surface area (Å²) in [5.74, 6) is 4.27. The molecule has 14 heavy (non-hydrogen) atoms. The predicted molar refractivity (Wildman–Crippen MR) is 46.5 cm³/mol. The lowest BCUT2D eigenvalue weighted by Gasteiger charge is -2.08. The quantitative estimate of drug-likeness (QED) is 0.356. The van der Waals surface area contributed by atoms with Gasteiger partial charge >= 0.3 is 5.97 Å². The molecule has 78 valence electrons. The Morgan fingerprint density at radius 1 is 1.79 bits per heavy atom. The number of aromatic amines is 1. The molecular formula is C7H11N3O4. The first kappa shape index (κ1) is 10.5. The van der Waals surface area contributed by atoms with Crippen LogP contribution in [-0.4, -0.2) is 22.3 Å². The molecule has 1 rings (SSSR count). The number of rotatable bonds is 4. The van der Waals surface area contributed by atoms with Crippen molar-refractivity contribution in [2.24, 2.45) is 5.84 Å². The first-order valence-corrected chi connectivity index (χ1v) is 3.92. The van der Waals surface area contributed by atoms with E-state index in [1.54, 1.807) is 6.92 Å². The predicted octanol–water partition coefficient (Wildman–Crippen LogP) is -1.26. The van der Waals surface area contributed by atoms with Crippen LogP contribution >= 0.6 is 0 Å². The van der Waals surface area contributed by atoms with Gasteiger partial charge < -0.3 is 9.63 Å². The average molecular weight is 201 g/mol. The van der Waals surface area contributed by atoms with Gasteiger partial charge in [-0.1, -0.05) is 0 Å². The van der Waals surface area contributed by atoms with Crippen LogP contribution in [0.4, 0.5) is 0 Å². The molecule has 1 aromatic heterocycles. The van der Waals surface area contributed by atoms with Crippen LogP contribution < -0.4 is 16.8 Å². The summed E-state index contributed by atoms with van der Waals surface area (Å²) >= 11 is 0. The van der Waals surface area contributed by atoms with Gasteiger partial charge in [0.2, 0.25) is 0 Å². The molecule has 0 aliphatic carbocycles. The zero-order valence-corrected chi connectivity index (χ0v) is 7.53. The molecule has 1 heterocycles. The Balaban J connectivity index is 2.87. The smallest absolute Gasteiger partial charge is 0.322 e. The maximum atomic E-state index is 11.1. The van der Waals surface area contributed by atoms with Crippen molar-refractivity contribution in [1.29, 1.82) is 0 Å². The van der Waals surface area contributed by atoms with Crippen LogP contribution in [0.2, 0.25) is 0 Å². The van der Waals surface area contributed by atoms with E-state index in [-0.39, 0.29) is 12.0 Å². The van der Waals surface area contributed by atoms with Crippen LogP contribution in [0.1, 0.15) is 11.3 Å². The van der Waals surface area contributed by atoms with Gasteiger partial charge in [0.25, 0.3) is 5.56 Å². The summed E-state index contributed by atoms with van der Waals surface area (Å²) in [5.41, 5.74) is 1.96. The number of carbonyl (C=O) groups is 1. The van der Waals surface area contributed by atoms with E-state index in [9.17, 15) is 9.59 Å². The van der Waals surface area contributed by atoms with Gasteiger partial charge in [-0.15, -0.1) is 0 Å². The molecule has 0 aliphatic rings. The zero-order valence-electron chi connectivity index (χ0n) is 7.53. The number of nitrogens with one attached hydrogen (secondary N) is 2. The zero-order chi connectivity index (χ0) is 10.7. The number of hydrogen-bond acceptors (Lipinski definition) is 5. The Kier molecular flexibility index (Phi) is 3.05. The highest BCUT2D eigenvalue weighted by molar-refractivity contribution is 5.73. The highest BCUT2D eigenvalue weighted by atomic mass is 16.5. The normalized spacial score (nSPS) is 12.7. The van der Waals surface area contributed by atoms with E-state index in [1.807, 2.05) is 0 Å². The molecule has 0 bridgehead atoms. The number of H-pyrrole nitrogens is 1. The molecule has 0 amide bonds. The van der Waals surface area contributed by atoms with E-state index in [0.717, 1.165) is 0 Å². The Bertz CT molecular complexity index is 381. The van der Waals surface area contributed by atoms with Crippen LogP contribution in [0.5, 0.6) is 0 Å². The second-order valence-electron chi connectivity index (χ2n) is 2.83. The van der Waals surface area contributed by atoms with E-state index in [0.29, 0.717) is 5.76 Å². The van der Waals surface area contributed by atoms with Crippen molar-refractivity contribution in [2.45, 2.75) is 19.4 Å². The number of nitrogens with two attached hydrogens (primary N) is 1. The molecule has 0 saturated carbocycles. The summed E-state index contributed by atoms with van der Waals surface area (Å²) in [7, 11) is 0. The fourth-order valence-corrected chi connectivity index (χ4v) is 1.06. The van der Waals surface area contributed by atoms with Crippen molar-refractivity contribution in [3.63, 3.8) is 0 Å². The van der Waals surface area contributed by atoms with Crippen molar-refractivity contribution in [2.75, 3.05) is 0 Å². The monoisotopic (exact) mass is 201 g/mol. The van der Waals surface area contributed by atoms with Gasteiger partial charge in [0.05, 0.1) is 5.56 Å². The van der Waals surface area contributed by atoms with Gasteiger partial charge in [-0.25, -0.2) is 5.43 Å². The topological polar surface area (TPSA) is 121 Å². The van der Waals surface area contributed by atoms with Crippen molar-refractivity contribution < 1.29 is 14.4 Å². The number of aromatic nitrogens is 1. The summed E-state index contributed by atoms with van der Waals surface area (Å²) in [6.07, 6.45) is -0.0104. The fourth-order valence-electron chi connectivity index (χ4n) is 1.06. The lowest BCUT2D eigenvalue weighted by molar-refractivity contribution is -0.139. The third-order valence-corrected chi connectivity index (χ3v) is 1.90. The largest absolute Gasteiger partial charge is 0.480 e. The number of aryl methyl sites for hydroxylation is 1. The van der Waals surface area contributed by atoms with Crippen LogP contribution in [-0.2, 0) is 11.2 Å². The van der Waals surface area contributed by atoms with Gasteiger partial charge in [-0.3, -0.25) is 15.4 Å². The van der Waals surface area contributed by atoms with Gasteiger partial charge in [-0.05, 0) is 6.92 Å². The maximum Gasteiger partial charge on any atom is 0.322 e. The van der Waals surface area contributed by atoms with Crippen LogP contribution in [0.25, 0.3) is 0 Å². The average Bonchev–Trinajstić information content (AvgIpc) is 2.43. The van der Waals surface area contributed by atoms with E-state index in [2.05, 4.69) is 10.6 Å². The van der Waals surface area contributed by atoms with Gasteiger partial charge in [0.15, 0.2) is 0 Å². The third-order valence-electron chi connectivity index (χ3n) is 1.90. The van der Waals surface area contributed by atoms with E-state index in [4.69, 9.17) is 15.5 Å². The van der Waals surface area contributed by atoms with E-state index >= 15 is 0 Å². The minimum absolute atomic E-state index is 0.0104. The van der Waals surface area contributed by atoms with E-state index in [1.165, 1.54) is 0 Å². The standard InChI is InChI=1S/C7H11N3O4/c1-3-4(6(11)10-14-3)2-5(9-8)7(12)13/h5,9H,2,8H2,1H3,(H,10,11)(H,12,13). The second kappa shape index (κ2) is 4.07. The fraction of sp³-hybridized carbons (Fsp3) is 0.429. The molecule has 0 aromatic carbocycles. The van der Waals surface area contributed by atoms with Gasteiger partial charge in [0.1, 0.15) is 11.8 Å². The first-order valence-electron chi connectivity index (χ1n) is 3.92. The minimum atomic E-state index is -1.12. The van der Waals surface area contributed by atoms with Crippen LogP contribution in [0.3, 0.4) is 0 Å². The first-order chi connectivity index (χ1) is 6.56. The van der Waals surface area contributed by atoms with Crippen LogP contribution in [0, 0.1) is 6.92 Å². The Morgan fingerprint density at radius 2 is 2.43 bits per heavy atom. The lowest BCUT2D eigenvalue weighted by atomic mass is 10.1. The summed E-state index contributed by atoms with van der Waals surface area (Å²) in [6.45, 7) is 1.57. The molecule has 0 aliphatic heterocycles. The molecule has 0 fully saturated rings. The molecule has 0 saturated heterocycles. The van der Waals surface area contributed by atoms with Crippen molar-refractivity contribution in [1.82, 2.24) is 10.6 Å². The summed E-state index contributed by atoms with van der Waals surface area (Å²) in [4.78, 5) is 21.7. The molecule has 0 spiro atoms. The molecule has 1 atom stereocenters. The van der Waals surface area contributed by atoms with Crippen molar-refractivity contribution >= 4 is 5.97 Å². The molecular weight excluding hydrogens is 190 g/mol. The Morgan fingerprint density at radius 3 is 2.79 bits per heavy atom. The molecule has 1 aromatic rings. The molecule has 5 N–H and O–H groups in total. The number of carboxylic acid groups (broad SMARTS) is 1. The maximum absolute atomic E-state index is 11.1. The number of carboxylic acids is 1. The van der Waals surface area contributed by atoms with E-state index < -0.39 is 17.6 Å². The van der Waals surface area contributed by atoms with Crippen molar-refractivity contribution in [3.05, 3.63) is 21.7 Å². The summed E-state index contributed by atoms with van der Waals surface area (Å²) < 4.78 is 4.72. The minimum Gasteiger partial charge on any atom is -0.480 e. The highest BCUT2D eigenvalue weighted by Gasteiger charge is 2.20. The number of aliphatic carboxylic acids is 1. The third kappa shape index (κ3) is 2.01. The summed E-state index contributed by atoms with van der Waals surface area (Å²) in [5, 5.41) is 10.8. The van der Waals surface area contributed by atoms with Gasteiger partial charge in [-0.2, -0.15) is 5.16 Å². The van der Waals surface area contributed by atoms with Gasteiger partial charge in [0, 0.05) is 6.42 Å². The SMILES string of the molecule is Cc1o[nH]c(=O)c1CC(NN)C(=O)O. The van der Waals surface area contributed by atoms with Crippen LogP contribution in [0.15, 0.2) is 9.32 Å². The second-order valence-corrected chi connectivity index (χ2v) is 2.83. The van der Waals surface area contributed by atoms with Crippen molar-refractivity contribution in [3.8, 4) is 0 Å². The highest BCUT2D eigenvalue weighted by Crippen LogP contribution is 2.03. The lowest BCUT2D eigenvalue weighted by Crippen LogP contribution is -2.43. The number of hydrazine groups is 1. The summed E-state index contributed by atoms with van der Waals surface area (Å²) in [6, 6.07) is -0.993. The molecule has 7 nitrogen and oxygen atoms in total. The molecule has 1 unspecified atom stereocenters. The molecule has 0 radical (unpaired) electrons. The Hall–Kier alpha value is -1.60. The Labute approximate surface area is 78.8 Å². The molecule has 7 heteroatoms. The number of hydrogen-bond donors (Lipinski definition) is 4.